The van der Waals surface area contributed by atoms with Crippen LogP contribution in [-0.2, 0) is 6.54 Å². The molecule has 0 aliphatic carbocycles. The fourth-order valence-electron chi connectivity index (χ4n) is 3.58. The van der Waals surface area contributed by atoms with E-state index in [9.17, 15) is 0 Å². The van der Waals surface area contributed by atoms with Crippen LogP contribution in [0.5, 0.6) is 0 Å². The Morgan fingerprint density at radius 2 is 1.81 bits per heavy atom. The van der Waals surface area contributed by atoms with Crippen molar-refractivity contribution in [2.45, 2.75) is 52.1 Å². The summed E-state index contributed by atoms with van der Waals surface area (Å²) >= 11 is 0. The van der Waals surface area contributed by atoms with Crippen LogP contribution in [0.1, 0.15) is 51.3 Å². The molecule has 114 valence electrons. The van der Waals surface area contributed by atoms with Crippen LogP contribution in [0, 0.1) is 0 Å². The van der Waals surface area contributed by atoms with Crippen molar-refractivity contribution in [2.75, 3.05) is 18.8 Å². The van der Waals surface area contributed by atoms with E-state index in [1.54, 1.807) is 0 Å². The van der Waals surface area contributed by atoms with Crippen molar-refractivity contribution in [3.63, 3.8) is 0 Å². The van der Waals surface area contributed by atoms with Gasteiger partial charge in [-0.15, -0.1) is 0 Å². The highest BCUT2D eigenvalue weighted by molar-refractivity contribution is 5.92. The van der Waals surface area contributed by atoms with E-state index < -0.39 is 0 Å². The first-order chi connectivity index (χ1) is 10.2. The number of nitrogens with zero attached hydrogens (tertiary/aromatic N) is 2. The maximum atomic E-state index is 6.17. The highest BCUT2D eigenvalue weighted by atomic mass is 15.1. The molecule has 2 aromatic rings. The third-order valence-corrected chi connectivity index (χ3v) is 4.60. The number of anilines is 1. The van der Waals surface area contributed by atoms with Crippen LogP contribution in [0.4, 0.5) is 5.69 Å². The Labute approximate surface area is 127 Å². The van der Waals surface area contributed by atoms with E-state index in [1.165, 1.54) is 55.4 Å². The summed E-state index contributed by atoms with van der Waals surface area (Å²) in [5.41, 5.74) is 9.74. The number of benzene rings is 1. The second-order valence-corrected chi connectivity index (χ2v) is 6.57. The molecular formula is C18H27N3. The topological polar surface area (TPSA) is 34.2 Å². The van der Waals surface area contributed by atoms with E-state index >= 15 is 0 Å². The van der Waals surface area contributed by atoms with Gasteiger partial charge < -0.3 is 10.3 Å². The van der Waals surface area contributed by atoms with Crippen molar-refractivity contribution in [1.82, 2.24) is 9.47 Å². The quantitative estimate of drug-likeness (QED) is 0.858. The zero-order valence-electron chi connectivity index (χ0n) is 13.3. The van der Waals surface area contributed by atoms with Crippen molar-refractivity contribution < 1.29 is 0 Å². The molecule has 1 aliphatic heterocycles. The van der Waals surface area contributed by atoms with Crippen LogP contribution in [0.3, 0.4) is 0 Å². The van der Waals surface area contributed by atoms with Gasteiger partial charge in [0.25, 0.3) is 0 Å². The van der Waals surface area contributed by atoms with Crippen molar-refractivity contribution in [1.29, 1.82) is 0 Å². The van der Waals surface area contributed by atoms with Gasteiger partial charge in [-0.2, -0.15) is 0 Å². The van der Waals surface area contributed by atoms with Crippen molar-refractivity contribution in [2.24, 2.45) is 0 Å². The molecule has 2 heterocycles. The number of nitrogens with two attached hydrogens (primary N) is 1. The Bertz CT molecular complexity index is 604. The van der Waals surface area contributed by atoms with Crippen molar-refractivity contribution >= 4 is 16.6 Å². The van der Waals surface area contributed by atoms with E-state index in [4.69, 9.17) is 5.73 Å². The van der Waals surface area contributed by atoms with Crippen molar-refractivity contribution in [3.8, 4) is 0 Å². The zero-order chi connectivity index (χ0) is 14.8. The summed E-state index contributed by atoms with van der Waals surface area (Å²) in [6.07, 6.45) is 5.45. The van der Waals surface area contributed by atoms with Gasteiger partial charge in [0.2, 0.25) is 0 Å². The monoisotopic (exact) mass is 285 g/mol. The lowest BCUT2D eigenvalue weighted by atomic mass is 10.2. The first-order valence-electron chi connectivity index (χ1n) is 8.27. The minimum atomic E-state index is 0.464. The number of nitrogen functional groups attached to an aromatic ring is 1. The molecule has 3 heteroatoms. The van der Waals surface area contributed by atoms with E-state index in [0.717, 1.165) is 12.2 Å². The minimum absolute atomic E-state index is 0.464. The molecule has 1 aliphatic rings. The van der Waals surface area contributed by atoms with Crippen LogP contribution >= 0.6 is 0 Å². The van der Waals surface area contributed by atoms with Crippen LogP contribution in [-0.4, -0.2) is 22.6 Å². The molecule has 0 atom stereocenters. The predicted octanol–water partition coefficient (Wildman–Crippen LogP) is 4.18. The standard InChI is InChI=1S/C18H27N3/c1-14(2)21-15(13-20-10-5-3-4-6-11-20)12-16-17(19)8-7-9-18(16)21/h7-9,12,14H,3-6,10-11,13,19H2,1-2H3. The summed E-state index contributed by atoms with van der Waals surface area (Å²) < 4.78 is 2.45. The molecule has 2 N–H and O–H groups in total. The van der Waals surface area contributed by atoms with E-state index in [2.05, 4.69) is 41.5 Å². The molecule has 0 unspecified atom stereocenters. The normalized spacial score (nSPS) is 17.5. The Morgan fingerprint density at radius 3 is 2.48 bits per heavy atom. The average molecular weight is 285 g/mol. The molecule has 1 saturated heterocycles. The molecule has 3 rings (SSSR count). The largest absolute Gasteiger partial charge is 0.398 e. The highest BCUT2D eigenvalue weighted by Crippen LogP contribution is 2.29. The first kappa shape index (κ1) is 14.5. The summed E-state index contributed by atoms with van der Waals surface area (Å²) in [6, 6.07) is 9.02. The summed E-state index contributed by atoms with van der Waals surface area (Å²) in [4.78, 5) is 2.61. The van der Waals surface area contributed by atoms with Gasteiger partial charge in [-0.3, -0.25) is 4.90 Å². The van der Waals surface area contributed by atoms with Gasteiger partial charge in [-0.25, -0.2) is 0 Å². The number of aromatic nitrogens is 1. The summed E-state index contributed by atoms with van der Waals surface area (Å²) in [6.45, 7) is 8.03. The van der Waals surface area contributed by atoms with Gasteiger partial charge in [-0.1, -0.05) is 18.9 Å². The predicted molar refractivity (Wildman–Crippen MR) is 90.5 cm³/mol. The third-order valence-electron chi connectivity index (χ3n) is 4.60. The fraction of sp³-hybridized carbons (Fsp3) is 0.556. The summed E-state index contributed by atoms with van der Waals surface area (Å²) in [7, 11) is 0. The second kappa shape index (κ2) is 6.10. The Balaban J connectivity index is 1.96. The van der Waals surface area contributed by atoms with Gasteiger partial charge in [0, 0.05) is 29.4 Å². The fourth-order valence-corrected chi connectivity index (χ4v) is 3.58. The maximum absolute atomic E-state index is 6.17. The SMILES string of the molecule is CC(C)n1c(CN2CCCCCC2)cc2c(N)cccc21. The zero-order valence-corrected chi connectivity index (χ0v) is 13.3. The second-order valence-electron chi connectivity index (χ2n) is 6.57. The Hall–Kier alpha value is -1.48. The molecule has 0 amide bonds. The lowest BCUT2D eigenvalue weighted by Gasteiger charge is -2.22. The molecule has 1 fully saturated rings. The number of fused-ring (bicyclic) bond motifs is 1. The van der Waals surface area contributed by atoms with E-state index in [-0.39, 0.29) is 0 Å². The maximum Gasteiger partial charge on any atom is 0.0506 e. The molecular weight excluding hydrogens is 258 g/mol. The Kier molecular flexibility index (Phi) is 4.20. The first-order valence-corrected chi connectivity index (χ1v) is 8.27. The number of likely N-dealkylation sites (tertiary alicyclic amines) is 1. The number of rotatable bonds is 3. The van der Waals surface area contributed by atoms with Crippen LogP contribution in [0.15, 0.2) is 24.3 Å². The van der Waals surface area contributed by atoms with E-state index in [0.29, 0.717) is 6.04 Å². The summed E-state index contributed by atoms with van der Waals surface area (Å²) in [5, 5.41) is 1.20. The molecule has 1 aromatic carbocycles. The lowest BCUT2D eigenvalue weighted by Crippen LogP contribution is -2.25. The van der Waals surface area contributed by atoms with Gasteiger partial charge in [0.1, 0.15) is 0 Å². The molecule has 1 aromatic heterocycles. The van der Waals surface area contributed by atoms with E-state index in [1.807, 2.05) is 6.07 Å². The van der Waals surface area contributed by atoms with Gasteiger partial charge in [-0.05, 0) is 58.0 Å². The molecule has 0 saturated carbocycles. The third kappa shape index (κ3) is 2.93. The molecule has 0 bridgehead atoms. The Morgan fingerprint density at radius 1 is 1.10 bits per heavy atom. The van der Waals surface area contributed by atoms with Crippen LogP contribution < -0.4 is 5.73 Å². The molecule has 3 nitrogen and oxygen atoms in total. The van der Waals surface area contributed by atoms with Gasteiger partial charge in [0.15, 0.2) is 0 Å². The van der Waals surface area contributed by atoms with Crippen LogP contribution in [0.25, 0.3) is 10.9 Å². The van der Waals surface area contributed by atoms with Crippen molar-refractivity contribution in [3.05, 3.63) is 30.0 Å². The minimum Gasteiger partial charge on any atom is -0.398 e. The van der Waals surface area contributed by atoms with Gasteiger partial charge >= 0.3 is 0 Å². The highest BCUT2D eigenvalue weighted by Gasteiger charge is 2.16. The smallest absolute Gasteiger partial charge is 0.0506 e. The molecule has 0 radical (unpaired) electrons. The van der Waals surface area contributed by atoms with Gasteiger partial charge in [0.05, 0.1) is 5.52 Å². The van der Waals surface area contributed by atoms with Crippen LogP contribution in [0.2, 0.25) is 0 Å². The molecule has 21 heavy (non-hydrogen) atoms. The lowest BCUT2D eigenvalue weighted by molar-refractivity contribution is 0.268. The molecule has 0 spiro atoms. The number of hydrogen-bond donors (Lipinski definition) is 1. The number of hydrogen-bond acceptors (Lipinski definition) is 2. The average Bonchev–Trinajstić information content (AvgIpc) is 2.63. The summed E-state index contributed by atoms with van der Waals surface area (Å²) in [5.74, 6) is 0.